The van der Waals surface area contributed by atoms with Crippen molar-refractivity contribution in [2.24, 2.45) is 10.7 Å². The van der Waals surface area contributed by atoms with Gasteiger partial charge in [0.1, 0.15) is 12.4 Å². The summed E-state index contributed by atoms with van der Waals surface area (Å²) in [7, 11) is 5.17. The number of nitrogens with one attached hydrogen (secondary N) is 1. The third kappa shape index (κ3) is 9.50. The number of hydrogen-bond acceptors (Lipinski definition) is 5. The largest absolute Gasteiger partial charge is 0.445 e. The number of nitrogens with two attached hydrogens (primary N) is 1. The van der Waals surface area contributed by atoms with Crippen molar-refractivity contribution in [1.82, 2.24) is 10.2 Å². The van der Waals surface area contributed by atoms with E-state index >= 15 is 0 Å². The van der Waals surface area contributed by atoms with Gasteiger partial charge in [-0.15, -0.1) is 0 Å². The molecule has 0 aliphatic heterocycles. The van der Waals surface area contributed by atoms with Crippen LogP contribution in [0.3, 0.4) is 0 Å². The third-order valence-corrected chi connectivity index (χ3v) is 4.63. The molecule has 0 radical (unpaired) electrons. The molecule has 0 saturated carbocycles. The first-order valence-corrected chi connectivity index (χ1v) is 9.80. The molecule has 7 nitrogen and oxygen atoms in total. The minimum atomic E-state index is -0.378. The van der Waals surface area contributed by atoms with Gasteiger partial charge in [-0.05, 0) is 31.9 Å². The molecule has 3 N–H and O–H groups in total. The molecule has 1 atom stereocenters. The number of benzene rings is 1. The monoisotopic (exact) mass is 390 g/mol. The Labute approximate surface area is 168 Å². The number of nitrogens with zero attached hydrogens (tertiary/aromatic N) is 2. The third-order valence-electron chi connectivity index (χ3n) is 4.63. The van der Waals surface area contributed by atoms with Crippen molar-refractivity contribution in [3.8, 4) is 0 Å². The predicted molar refractivity (Wildman–Crippen MR) is 112 cm³/mol. The molecule has 28 heavy (non-hydrogen) atoms. The van der Waals surface area contributed by atoms with Gasteiger partial charge in [-0.3, -0.25) is 9.79 Å². The van der Waals surface area contributed by atoms with Crippen LogP contribution in [0.4, 0.5) is 4.79 Å². The molecule has 0 saturated heterocycles. The highest BCUT2D eigenvalue weighted by atomic mass is 16.6. The van der Waals surface area contributed by atoms with Crippen LogP contribution in [0.15, 0.2) is 35.3 Å². The average Bonchev–Trinajstić information content (AvgIpc) is 2.72. The Balaban J connectivity index is 2.24. The minimum Gasteiger partial charge on any atom is -0.445 e. The van der Waals surface area contributed by atoms with Crippen LogP contribution in [0.25, 0.3) is 0 Å². The van der Waals surface area contributed by atoms with Gasteiger partial charge in [-0.1, -0.05) is 36.8 Å². The van der Waals surface area contributed by atoms with Gasteiger partial charge in [0, 0.05) is 33.5 Å². The number of ether oxygens (including phenoxy) is 1. The van der Waals surface area contributed by atoms with Crippen LogP contribution in [0, 0.1) is 0 Å². The molecule has 0 aromatic heterocycles. The number of carbonyl (C=O) groups is 2. The number of ketones is 1. The van der Waals surface area contributed by atoms with E-state index in [-0.39, 0.29) is 24.5 Å². The van der Waals surface area contributed by atoms with Gasteiger partial charge in [0.15, 0.2) is 0 Å². The van der Waals surface area contributed by atoms with E-state index in [1.807, 2.05) is 30.3 Å². The van der Waals surface area contributed by atoms with Gasteiger partial charge in [0.05, 0.1) is 11.9 Å². The van der Waals surface area contributed by atoms with E-state index in [1.165, 1.54) is 4.90 Å². The van der Waals surface area contributed by atoms with E-state index in [4.69, 9.17) is 10.5 Å². The number of hydrogen-bond donors (Lipinski definition) is 2. The van der Waals surface area contributed by atoms with Gasteiger partial charge < -0.3 is 20.7 Å². The number of amidine groups is 1. The molecule has 1 aromatic rings. The highest BCUT2D eigenvalue weighted by Crippen LogP contribution is 2.08. The van der Waals surface area contributed by atoms with Crippen molar-refractivity contribution in [2.45, 2.75) is 51.2 Å². The first kappa shape index (κ1) is 23.6. The molecule has 0 aliphatic carbocycles. The number of carbonyl (C=O) groups excluding carboxylic acids is 2. The SMILES string of the molecule is CN=C(N)CCCC[C@H](NC)C(=O)CCCN(C)C(=O)OCc1ccccc1. The van der Waals surface area contributed by atoms with E-state index in [0.29, 0.717) is 25.2 Å². The van der Waals surface area contributed by atoms with Crippen molar-refractivity contribution in [3.63, 3.8) is 0 Å². The average molecular weight is 391 g/mol. The summed E-state index contributed by atoms with van der Waals surface area (Å²) in [6, 6.07) is 9.39. The second kappa shape index (κ2) is 13.7. The van der Waals surface area contributed by atoms with Crippen LogP contribution in [-0.4, -0.2) is 56.3 Å². The van der Waals surface area contributed by atoms with Crippen LogP contribution < -0.4 is 11.1 Å². The van der Waals surface area contributed by atoms with Crippen molar-refractivity contribution < 1.29 is 14.3 Å². The zero-order chi connectivity index (χ0) is 20.8. The Morgan fingerprint density at radius 1 is 1.18 bits per heavy atom. The lowest BCUT2D eigenvalue weighted by Crippen LogP contribution is -2.35. The standard InChI is InChI=1S/C21H34N4O3/c1-23-18(12-7-8-14-20(22)24-2)19(26)13-9-15-25(3)21(27)28-16-17-10-5-4-6-11-17/h4-6,10-11,18,23H,7-9,12-16H2,1-3H3,(H2,22,24)/t18-/m0/s1. The quantitative estimate of drug-likeness (QED) is 0.307. The summed E-state index contributed by atoms with van der Waals surface area (Å²) < 4.78 is 5.28. The van der Waals surface area contributed by atoms with E-state index in [9.17, 15) is 9.59 Å². The maximum Gasteiger partial charge on any atom is 0.409 e. The second-order valence-corrected chi connectivity index (χ2v) is 6.83. The van der Waals surface area contributed by atoms with Crippen LogP contribution in [-0.2, 0) is 16.1 Å². The molecule has 0 aliphatic rings. The Hall–Kier alpha value is -2.41. The summed E-state index contributed by atoms with van der Waals surface area (Å²) in [5.74, 6) is 0.820. The van der Waals surface area contributed by atoms with E-state index in [1.54, 1.807) is 21.1 Å². The zero-order valence-electron chi connectivity index (χ0n) is 17.3. The number of likely N-dealkylation sites (N-methyl/N-ethyl adjacent to an activating group) is 1. The molecule has 0 unspecified atom stereocenters. The number of amides is 1. The Bertz CT molecular complexity index is 619. The number of aliphatic imine (C=N–C) groups is 1. The first-order chi connectivity index (χ1) is 13.5. The van der Waals surface area contributed by atoms with Gasteiger partial charge >= 0.3 is 6.09 Å². The smallest absolute Gasteiger partial charge is 0.409 e. The molecule has 0 spiro atoms. The fourth-order valence-electron chi connectivity index (χ4n) is 2.82. The normalized spacial score (nSPS) is 12.5. The summed E-state index contributed by atoms with van der Waals surface area (Å²) >= 11 is 0. The highest BCUT2D eigenvalue weighted by molar-refractivity contribution is 5.84. The van der Waals surface area contributed by atoms with Gasteiger partial charge in [-0.2, -0.15) is 0 Å². The zero-order valence-corrected chi connectivity index (χ0v) is 17.3. The lowest BCUT2D eigenvalue weighted by molar-refractivity contribution is -0.121. The molecule has 7 heteroatoms. The van der Waals surface area contributed by atoms with E-state index in [0.717, 1.165) is 31.2 Å². The predicted octanol–water partition coefficient (Wildman–Crippen LogP) is 2.74. The van der Waals surface area contributed by atoms with Crippen molar-refractivity contribution >= 4 is 17.7 Å². The Morgan fingerprint density at radius 2 is 1.89 bits per heavy atom. The van der Waals surface area contributed by atoms with Gasteiger partial charge in [0.25, 0.3) is 0 Å². The molecule has 0 fully saturated rings. The maximum atomic E-state index is 12.4. The molecule has 156 valence electrons. The van der Waals surface area contributed by atoms with Gasteiger partial charge in [0.2, 0.25) is 0 Å². The van der Waals surface area contributed by atoms with Gasteiger partial charge in [-0.25, -0.2) is 4.79 Å². The number of rotatable bonds is 13. The molecule has 1 rings (SSSR count). The summed E-state index contributed by atoms with van der Waals surface area (Å²) in [4.78, 5) is 29.8. The van der Waals surface area contributed by atoms with Crippen LogP contribution in [0.2, 0.25) is 0 Å². The number of unbranched alkanes of at least 4 members (excludes halogenated alkanes) is 1. The first-order valence-electron chi connectivity index (χ1n) is 9.80. The second-order valence-electron chi connectivity index (χ2n) is 6.83. The molecular formula is C21H34N4O3. The molecule has 1 amide bonds. The topological polar surface area (TPSA) is 97.0 Å². The van der Waals surface area contributed by atoms with Crippen LogP contribution >= 0.6 is 0 Å². The number of Topliss-reactive ketones (excluding diaryl/α,β-unsaturated/α-hetero) is 1. The van der Waals surface area contributed by atoms with E-state index < -0.39 is 0 Å². The van der Waals surface area contributed by atoms with Crippen molar-refractivity contribution in [3.05, 3.63) is 35.9 Å². The van der Waals surface area contributed by atoms with Crippen molar-refractivity contribution in [1.29, 1.82) is 0 Å². The Morgan fingerprint density at radius 3 is 2.54 bits per heavy atom. The highest BCUT2D eigenvalue weighted by Gasteiger charge is 2.17. The fraction of sp³-hybridized carbons (Fsp3) is 0.571. The summed E-state index contributed by atoms with van der Waals surface area (Å²) in [5, 5.41) is 3.09. The summed E-state index contributed by atoms with van der Waals surface area (Å²) in [6.07, 6.45) is 4.04. The van der Waals surface area contributed by atoms with Crippen LogP contribution in [0.1, 0.15) is 44.1 Å². The van der Waals surface area contributed by atoms with E-state index in [2.05, 4.69) is 10.3 Å². The molecule has 1 aromatic carbocycles. The maximum absolute atomic E-state index is 12.4. The fourth-order valence-corrected chi connectivity index (χ4v) is 2.82. The Kier molecular flexibility index (Phi) is 11.6. The lowest BCUT2D eigenvalue weighted by atomic mass is 10.0. The molecule has 0 heterocycles. The van der Waals surface area contributed by atoms with Crippen LogP contribution in [0.5, 0.6) is 0 Å². The van der Waals surface area contributed by atoms with Crippen molar-refractivity contribution in [2.75, 3.05) is 27.7 Å². The molecule has 0 bridgehead atoms. The lowest BCUT2D eigenvalue weighted by Gasteiger charge is -2.18. The minimum absolute atomic E-state index is 0.157. The summed E-state index contributed by atoms with van der Waals surface area (Å²) in [5.41, 5.74) is 6.63. The summed E-state index contributed by atoms with van der Waals surface area (Å²) in [6.45, 7) is 0.733. The molecular weight excluding hydrogens is 356 g/mol.